The molecule has 0 bridgehead atoms. The lowest BCUT2D eigenvalue weighted by Gasteiger charge is -2.24. The van der Waals surface area contributed by atoms with Gasteiger partial charge in [-0.1, -0.05) is 193 Å². The summed E-state index contributed by atoms with van der Waals surface area (Å²) in [6.45, 7) is 4.36. The maximum absolute atomic E-state index is 12.9. The number of unbranched alkanes of at least 4 members (excludes halogenated alkanes) is 22. The summed E-state index contributed by atoms with van der Waals surface area (Å²) < 4.78 is 34.4. The van der Waals surface area contributed by atoms with Crippen molar-refractivity contribution in [2.45, 2.75) is 209 Å². The Bertz CT molecular complexity index is 938. The van der Waals surface area contributed by atoms with Gasteiger partial charge in [-0.05, 0) is 19.3 Å². The molecule has 0 fully saturated rings. The molecule has 0 rings (SSSR count). The first-order valence-corrected chi connectivity index (χ1v) is 25.2. The Morgan fingerprint density at radius 2 is 1.00 bits per heavy atom. The monoisotopic (exact) mass is 918 g/mol. The summed E-state index contributed by atoms with van der Waals surface area (Å²) in [6.07, 6.45) is 31.3. The average Bonchev–Trinajstić information content (AvgIpc) is 3.11. The number of likely N-dealkylation sites (N-methyl/N-ethyl adjacent to an activating group) is 1. The average molecular weight is 921 g/mol. The maximum atomic E-state index is 12.9. The highest BCUT2D eigenvalue weighted by Gasteiger charge is 2.27. The first-order valence-electron chi connectivity index (χ1n) is 21.8. The van der Waals surface area contributed by atoms with E-state index in [1.54, 1.807) is 0 Å². The second kappa shape index (κ2) is 36.1. The van der Waals surface area contributed by atoms with Gasteiger partial charge in [0.1, 0.15) is 19.8 Å². The van der Waals surface area contributed by atoms with E-state index in [0.29, 0.717) is 17.4 Å². The molecule has 0 amide bonds. The van der Waals surface area contributed by atoms with Crippen molar-refractivity contribution in [2.24, 2.45) is 0 Å². The van der Waals surface area contributed by atoms with Gasteiger partial charge in [0, 0.05) is 22.5 Å². The fourth-order valence-electron chi connectivity index (χ4n) is 6.17. The number of hydrogen-bond donors (Lipinski definition) is 1. The number of phosphoric acid groups is 1. The number of phosphoric ester groups is 1. The summed E-state index contributed by atoms with van der Waals surface area (Å²) in [4.78, 5) is 36.0. The van der Waals surface area contributed by atoms with Crippen LogP contribution in [0.4, 0.5) is 0 Å². The summed E-state index contributed by atoms with van der Waals surface area (Å²) in [7, 11) is 1.45. The minimum absolute atomic E-state index is 0.0232. The molecule has 0 aliphatic heterocycles. The van der Waals surface area contributed by atoms with Crippen LogP contribution in [0.15, 0.2) is 0 Å². The summed E-state index contributed by atoms with van der Waals surface area (Å²) in [5, 5.41) is 0. The van der Waals surface area contributed by atoms with Crippen LogP contribution in [0.25, 0.3) is 0 Å². The van der Waals surface area contributed by atoms with Crippen molar-refractivity contribution in [3.63, 3.8) is 0 Å². The molecule has 0 spiro atoms. The van der Waals surface area contributed by atoms with Crippen molar-refractivity contribution in [1.29, 1.82) is 0 Å². The van der Waals surface area contributed by atoms with Crippen molar-refractivity contribution in [1.82, 2.24) is 0 Å². The zero-order chi connectivity index (χ0) is 40.3. The lowest BCUT2D eigenvalue weighted by Crippen LogP contribution is -2.37. The topological polar surface area (TPSA) is 108 Å². The quantitative estimate of drug-likeness (QED) is 0.0213. The standard InChI is InChI=1S/C42H82Br2NO8P/c1-6-8-10-12-14-16-18-19-21-23-25-27-29-31-41(46)50-36-38(37-52-54(48,49)51-35-34-45(3,4)5)53-42(47)33-32-40(44)39(43)30-28-26-24-22-20-17-15-13-11-9-7-2/h38-40H,6-37H2,1-5H3/p+1/t38-,39?,40?/m1/s1. The molecule has 4 atom stereocenters. The van der Waals surface area contributed by atoms with E-state index < -0.39 is 26.5 Å². The second-order valence-corrected chi connectivity index (χ2v) is 20.1. The smallest absolute Gasteiger partial charge is 0.462 e. The zero-order valence-corrected chi connectivity index (χ0v) is 39.4. The fourth-order valence-corrected chi connectivity index (χ4v) is 7.99. The molecule has 0 heterocycles. The van der Waals surface area contributed by atoms with Crippen molar-refractivity contribution < 1.29 is 42.1 Å². The third-order valence-electron chi connectivity index (χ3n) is 9.75. The Balaban J connectivity index is 4.55. The molecule has 0 aliphatic rings. The molecule has 0 aromatic carbocycles. The van der Waals surface area contributed by atoms with Crippen molar-refractivity contribution >= 4 is 51.6 Å². The largest absolute Gasteiger partial charge is 0.472 e. The van der Waals surface area contributed by atoms with Crippen LogP contribution in [0.2, 0.25) is 0 Å². The highest BCUT2D eigenvalue weighted by molar-refractivity contribution is 9.12. The summed E-state index contributed by atoms with van der Waals surface area (Å²) in [6, 6.07) is 0. The van der Waals surface area contributed by atoms with Crippen LogP contribution in [0.3, 0.4) is 0 Å². The fraction of sp³-hybridized carbons (Fsp3) is 0.952. The van der Waals surface area contributed by atoms with Crippen molar-refractivity contribution in [2.75, 3.05) is 47.5 Å². The number of halogens is 2. The van der Waals surface area contributed by atoms with Gasteiger partial charge < -0.3 is 18.9 Å². The molecule has 0 saturated carbocycles. The Hall–Kier alpha value is -0.0300. The number of alkyl halides is 2. The lowest BCUT2D eigenvalue weighted by molar-refractivity contribution is -0.870. The first-order chi connectivity index (χ1) is 25.8. The minimum Gasteiger partial charge on any atom is -0.462 e. The van der Waals surface area contributed by atoms with Gasteiger partial charge in [-0.3, -0.25) is 18.6 Å². The SMILES string of the molecule is CCCCCCCCCCCCCCCC(=O)OC[C@H](COP(=O)(O)OCC[N+](C)(C)C)OC(=O)CCC(Br)C(Br)CCCCCCCCCCCCC. The van der Waals surface area contributed by atoms with Crippen molar-refractivity contribution in [3.05, 3.63) is 0 Å². The molecule has 0 saturated heterocycles. The zero-order valence-electron chi connectivity index (χ0n) is 35.3. The maximum Gasteiger partial charge on any atom is 0.472 e. The van der Waals surface area contributed by atoms with Crippen LogP contribution in [-0.4, -0.2) is 84.6 Å². The van der Waals surface area contributed by atoms with Crippen LogP contribution >= 0.6 is 39.7 Å². The molecular formula is C42H83Br2NO8P+. The van der Waals surface area contributed by atoms with E-state index in [1.807, 2.05) is 21.1 Å². The number of carbonyl (C=O) groups excluding carboxylic acids is 2. The van der Waals surface area contributed by atoms with Crippen LogP contribution in [0.5, 0.6) is 0 Å². The van der Waals surface area contributed by atoms with E-state index >= 15 is 0 Å². The molecule has 322 valence electrons. The minimum atomic E-state index is -4.39. The molecule has 0 aromatic rings. The van der Waals surface area contributed by atoms with Gasteiger partial charge in [-0.15, -0.1) is 0 Å². The number of esters is 2. The van der Waals surface area contributed by atoms with Crippen LogP contribution < -0.4 is 0 Å². The number of rotatable bonds is 40. The Labute approximate surface area is 349 Å². The second-order valence-electron chi connectivity index (χ2n) is 16.3. The van der Waals surface area contributed by atoms with Crippen LogP contribution in [-0.2, 0) is 32.7 Å². The Kier molecular flexibility index (Phi) is 36.1. The predicted octanol–water partition coefficient (Wildman–Crippen LogP) is 12.8. The number of carbonyl (C=O) groups is 2. The van der Waals surface area contributed by atoms with E-state index in [1.165, 1.54) is 128 Å². The molecule has 0 aromatic heterocycles. The van der Waals surface area contributed by atoms with Gasteiger partial charge in [0.15, 0.2) is 6.10 Å². The molecule has 54 heavy (non-hydrogen) atoms. The molecule has 12 heteroatoms. The number of nitrogens with zero attached hydrogens (tertiary/aromatic N) is 1. The van der Waals surface area contributed by atoms with Gasteiger partial charge >= 0.3 is 19.8 Å². The Morgan fingerprint density at radius 1 is 0.574 bits per heavy atom. The van der Waals surface area contributed by atoms with E-state index in [0.717, 1.165) is 32.1 Å². The van der Waals surface area contributed by atoms with E-state index in [-0.39, 0.29) is 41.7 Å². The summed E-state index contributed by atoms with van der Waals surface area (Å²) in [5.74, 6) is -0.857. The van der Waals surface area contributed by atoms with Crippen LogP contribution in [0, 0.1) is 0 Å². The van der Waals surface area contributed by atoms with Crippen LogP contribution in [0.1, 0.15) is 194 Å². The Morgan fingerprint density at radius 3 is 1.46 bits per heavy atom. The number of hydrogen-bond acceptors (Lipinski definition) is 7. The van der Waals surface area contributed by atoms with Gasteiger partial charge in [-0.2, -0.15) is 0 Å². The van der Waals surface area contributed by atoms with Crippen molar-refractivity contribution in [3.8, 4) is 0 Å². The first kappa shape index (κ1) is 54.0. The molecule has 3 unspecified atom stereocenters. The van der Waals surface area contributed by atoms with Gasteiger partial charge in [0.25, 0.3) is 0 Å². The highest BCUT2D eigenvalue weighted by Crippen LogP contribution is 2.43. The van der Waals surface area contributed by atoms with E-state index in [4.69, 9.17) is 18.5 Å². The van der Waals surface area contributed by atoms with E-state index in [9.17, 15) is 19.0 Å². The lowest BCUT2D eigenvalue weighted by atomic mass is 10.0. The third kappa shape index (κ3) is 37.5. The van der Waals surface area contributed by atoms with Gasteiger partial charge in [0.05, 0.1) is 27.7 Å². The van der Waals surface area contributed by atoms with E-state index in [2.05, 4.69) is 45.7 Å². The van der Waals surface area contributed by atoms with Gasteiger partial charge in [0.2, 0.25) is 0 Å². The molecule has 1 N–H and O–H groups in total. The number of ether oxygens (including phenoxy) is 2. The third-order valence-corrected chi connectivity index (χ3v) is 13.6. The molecular weight excluding hydrogens is 837 g/mol. The normalized spacial score (nSPS) is 14.7. The van der Waals surface area contributed by atoms with Gasteiger partial charge in [-0.25, -0.2) is 4.57 Å². The summed E-state index contributed by atoms with van der Waals surface area (Å²) >= 11 is 7.53. The summed E-state index contributed by atoms with van der Waals surface area (Å²) in [5.41, 5.74) is 0. The number of quaternary nitrogens is 1. The molecule has 0 radical (unpaired) electrons. The highest BCUT2D eigenvalue weighted by atomic mass is 79.9. The molecule has 9 nitrogen and oxygen atoms in total. The predicted molar refractivity (Wildman–Crippen MR) is 232 cm³/mol. The molecule has 0 aliphatic carbocycles.